The summed E-state index contributed by atoms with van der Waals surface area (Å²) in [5.41, 5.74) is 9.81. The van der Waals surface area contributed by atoms with Gasteiger partial charge in [0.1, 0.15) is 0 Å². The summed E-state index contributed by atoms with van der Waals surface area (Å²) < 4.78 is 0. The standard InChI is InChI=1S/C20H31N3O/c1-23-11-9-16-7-8-18(14-17(16)10-12-23)22-20(24)19(21)13-15-5-3-2-4-6-15/h7-8,14-15,19H,2-6,9-13,21H2,1H3,(H,22,24)/t19-/m1/s1. The third kappa shape index (κ3) is 4.58. The molecule has 2 aliphatic rings. The average molecular weight is 329 g/mol. The molecule has 0 bridgehead atoms. The van der Waals surface area contributed by atoms with Gasteiger partial charge in [-0.2, -0.15) is 0 Å². The number of rotatable bonds is 4. The highest BCUT2D eigenvalue weighted by atomic mass is 16.2. The molecular formula is C20H31N3O. The van der Waals surface area contributed by atoms with E-state index in [1.165, 1.54) is 43.2 Å². The van der Waals surface area contributed by atoms with Crippen LogP contribution in [-0.4, -0.2) is 37.0 Å². The molecule has 3 rings (SSSR count). The third-order valence-corrected chi connectivity index (χ3v) is 5.65. The average Bonchev–Trinajstić information content (AvgIpc) is 2.77. The van der Waals surface area contributed by atoms with Gasteiger partial charge in [0.15, 0.2) is 0 Å². The van der Waals surface area contributed by atoms with E-state index in [2.05, 4.69) is 29.4 Å². The first-order valence-electron chi connectivity index (χ1n) is 9.48. The zero-order valence-corrected chi connectivity index (χ0v) is 14.9. The molecule has 1 fully saturated rings. The summed E-state index contributed by atoms with van der Waals surface area (Å²) in [5, 5.41) is 3.04. The van der Waals surface area contributed by atoms with Gasteiger partial charge in [-0.05, 0) is 55.5 Å². The van der Waals surface area contributed by atoms with Crippen LogP contribution >= 0.6 is 0 Å². The van der Waals surface area contributed by atoms with Gasteiger partial charge in [-0.3, -0.25) is 4.79 Å². The minimum Gasteiger partial charge on any atom is -0.325 e. The molecule has 132 valence electrons. The van der Waals surface area contributed by atoms with Gasteiger partial charge in [-0.15, -0.1) is 0 Å². The molecule has 4 nitrogen and oxygen atoms in total. The molecule has 1 saturated carbocycles. The van der Waals surface area contributed by atoms with Crippen molar-refractivity contribution in [3.05, 3.63) is 29.3 Å². The zero-order valence-electron chi connectivity index (χ0n) is 14.9. The second-order valence-corrected chi connectivity index (χ2v) is 7.62. The molecule has 0 radical (unpaired) electrons. The highest BCUT2D eigenvalue weighted by Gasteiger charge is 2.21. The number of hydrogen-bond acceptors (Lipinski definition) is 3. The molecule has 0 spiro atoms. The monoisotopic (exact) mass is 329 g/mol. The molecule has 0 unspecified atom stereocenters. The van der Waals surface area contributed by atoms with Gasteiger partial charge in [0.2, 0.25) is 5.91 Å². The highest BCUT2D eigenvalue weighted by Crippen LogP contribution is 2.27. The van der Waals surface area contributed by atoms with Crippen LogP contribution in [-0.2, 0) is 17.6 Å². The van der Waals surface area contributed by atoms with Crippen molar-refractivity contribution in [1.82, 2.24) is 4.90 Å². The van der Waals surface area contributed by atoms with Gasteiger partial charge >= 0.3 is 0 Å². The SMILES string of the molecule is CN1CCc2ccc(NC(=O)[C@H](N)CC3CCCCC3)cc2CC1. The van der Waals surface area contributed by atoms with E-state index in [0.29, 0.717) is 5.92 Å². The van der Waals surface area contributed by atoms with Crippen molar-refractivity contribution in [3.8, 4) is 0 Å². The Morgan fingerprint density at radius 1 is 1.21 bits per heavy atom. The van der Waals surface area contributed by atoms with Crippen LogP contribution in [0.1, 0.15) is 49.7 Å². The van der Waals surface area contributed by atoms with Gasteiger partial charge in [0.05, 0.1) is 6.04 Å². The molecule has 4 heteroatoms. The van der Waals surface area contributed by atoms with Crippen LogP contribution in [0.25, 0.3) is 0 Å². The molecule has 1 aliphatic carbocycles. The van der Waals surface area contributed by atoms with E-state index in [0.717, 1.165) is 38.0 Å². The summed E-state index contributed by atoms with van der Waals surface area (Å²) in [5.74, 6) is 0.591. The number of fused-ring (bicyclic) bond motifs is 1. The van der Waals surface area contributed by atoms with Crippen LogP contribution in [0.2, 0.25) is 0 Å². The Morgan fingerprint density at radius 2 is 1.92 bits per heavy atom. The lowest BCUT2D eigenvalue weighted by atomic mass is 9.85. The van der Waals surface area contributed by atoms with Crippen LogP contribution in [0.3, 0.4) is 0 Å². The van der Waals surface area contributed by atoms with E-state index >= 15 is 0 Å². The number of likely N-dealkylation sites (N-methyl/N-ethyl adjacent to an activating group) is 1. The maximum absolute atomic E-state index is 12.4. The summed E-state index contributed by atoms with van der Waals surface area (Å²) in [6.07, 6.45) is 9.33. The lowest BCUT2D eigenvalue weighted by Gasteiger charge is -2.24. The zero-order chi connectivity index (χ0) is 16.9. The third-order valence-electron chi connectivity index (χ3n) is 5.65. The number of amides is 1. The number of nitrogens with one attached hydrogen (secondary N) is 1. The Morgan fingerprint density at radius 3 is 2.67 bits per heavy atom. The van der Waals surface area contributed by atoms with Gasteiger partial charge in [0, 0.05) is 18.8 Å². The Kier molecular flexibility index (Phi) is 5.90. The molecule has 0 aromatic heterocycles. The molecule has 1 amide bonds. The number of nitrogens with zero attached hydrogens (tertiary/aromatic N) is 1. The van der Waals surface area contributed by atoms with Gasteiger partial charge < -0.3 is 16.0 Å². The second kappa shape index (κ2) is 8.13. The lowest BCUT2D eigenvalue weighted by Crippen LogP contribution is -2.37. The number of anilines is 1. The first-order valence-corrected chi connectivity index (χ1v) is 9.48. The number of carbonyl (C=O) groups excluding carboxylic acids is 1. The number of hydrogen-bond donors (Lipinski definition) is 2. The van der Waals surface area contributed by atoms with Crippen LogP contribution in [0, 0.1) is 5.92 Å². The quantitative estimate of drug-likeness (QED) is 0.893. The Balaban J connectivity index is 1.58. The first kappa shape index (κ1) is 17.4. The minimum absolute atomic E-state index is 0.0359. The summed E-state index contributed by atoms with van der Waals surface area (Å²) >= 11 is 0. The smallest absolute Gasteiger partial charge is 0.241 e. The second-order valence-electron chi connectivity index (χ2n) is 7.62. The molecular weight excluding hydrogens is 298 g/mol. The van der Waals surface area contributed by atoms with Crippen molar-refractivity contribution >= 4 is 11.6 Å². The van der Waals surface area contributed by atoms with Crippen molar-refractivity contribution in [1.29, 1.82) is 0 Å². The fourth-order valence-electron chi connectivity index (χ4n) is 4.04. The molecule has 1 atom stereocenters. The Labute approximate surface area is 145 Å². The van der Waals surface area contributed by atoms with E-state index < -0.39 is 6.04 Å². The molecule has 1 heterocycles. The predicted octanol–water partition coefficient (Wildman–Crippen LogP) is 2.95. The largest absolute Gasteiger partial charge is 0.325 e. The van der Waals surface area contributed by atoms with Crippen LogP contribution in [0.15, 0.2) is 18.2 Å². The van der Waals surface area contributed by atoms with Crippen molar-refractivity contribution in [2.45, 2.75) is 57.4 Å². The van der Waals surface area contributed by atoms with Crippen molar-refractivity contribution in [2.75, 3.05) is 25.5 Å². The van der Waals surface area contributed by atoms with Crippen LogP contribution in [0.4, 0.5) is 5.69 Å². The first-order chi connectivity index (χ1) is 11.6. The topological polar surface area (TPSA) is 58.4 Å². The van der Waals surface area contributed by atoms with Crippen molar-refractivity contribution < 1.29 is 4.79 Å². The van der Waals surface area contributed by atoms with Gasteiger partial charge in [0.25, 0.3) is 0 Å². The summed E-state index contributed by atoms with van der Waals surface area (Å²) in [7, 11) is 2.17. The van der Waals surface area contributed by atoms with Crippen molar-refractivity contribution in [2.24, 2.45) is 11.7 Å². The van der Waals surface area contributed by atoms with E-state index in [1.54, 1.807) is 0 Å². The Hall–Kier alpha value is -1.39. The van der Waals surface area contributed by atoms with E-state index in [4.69, 9.17) is 5.73 Å². The molecule has 1 aromatic carbocycles. The summed E-state index contributed by atoms with van der Waals surface area (Å²) in [6.45, 7) is 2.18. The fraction of sp³-hybridized carbons (Fsp3) is 0.650. The molecule has 3 N–H and O–H groups in total. The molecule has 24 heavy (non-hydrogen) atoms. The summed E-state index contributed by atoms with van der Waals surface area (Å²) in [4.78, 5) is 14.8. The fourth-order valence-corrected chi connectivity index (χ4v) is 4.04. The summed E-state index contributed by atoms with van der Waals surface area (Å²) in [6, 6.07) is 5.93. The predicted molar refractivity (Wildman–Crippen MR) is 99.1 cm³/mol. The maximum atomic E-state index is 12.4. The van der Waals surface area contributed by atoms with Crippen LogP contribution < -0.4 is 11.1 Å². The van der Waals surface area contributed by atoms with E-state index in [1.807, 2.05) is 6.07 Å². The molecule has 1 aliphatic heterocycles. The van der Waals surface area contributed by atoms with Crippen molar-refractivity contribution in [3.63, 3.8) is 0 Å². The van der Waals surface area contributed by atoms with E-state index in [9.17, 15) is 4.79 Å². The van der Waals surface area contributed by atoms with E-state index in [-0.39, 0.29) is 5.91 Å². The maximum Gasteiger partial charge on any atom is 0.241 e. The number of benzene rings is 1. The molecule has 0 saturated heterocycles. The minimum atomic E-state index is -0.391. The normalized spacial score (nSPS) is 20.9. The highest BCUT2D eigenvalue weighted by molar-refractivity contribution is 5.94. The lowest BCUT2D eigenvalue weighted by molar-refractivity contribution is -0.117. The molecule has 1 aromatic rings. The number of nitrogens with two attached hydrogens (primary N) is 1. The Bertz CT molecular complexity index is 566. The van der Waals surface area contributed by atoms with Gasteiger partial charge in [-0.25, -0.2) is 0 Å². The van der Waals surface area contributed by atoms with Gasteiger partial charge in [-0.1, -0.05) is 38.2 Å². The number of carbonyl (C=O) groups is 1. The van der Waals surface area contributed by atoms with Crippen LogP contribution in [0.5, 0.6) is 0 Å².